The minimum atomic E-state index is 0.0892. The molecule has 11 nitrogen and oxygen atoms in total. The summed E-state index contributed by atoms with van der Waals surface area (Å²) in [6, 6.07) is 19.0. The Hall–Kier alpha value is -4.42. The fourth-order valence-electron chi connectivity index (χ4n) is 6.02. The summed E-state index contributed by atoms with van der Waals surface area (Å²) in [6.45, 7) is 2.40. The molecule has 2 aliphatic heterocycles. The van der Waals surface area contributed by atoms with Gasteiger partial charge in [-0.2, -0.15) is 4.98 Å². The highest BCUT2D eigenvalue weighted by molar-refractivity contribution is 6.38. The van der Waals surface area contributed by atoms with Crippen LogP contribution in [-0.4, -0.2) is 61.2 Å². The number of aromatic nitrogens is 2. The molecule has 4 N–H and O–H groups in total. The van der Waals surface area contributed by atoms with Crippen LogP contribution in [0.1, 0.15) is 36.8 Å². The first-order valence-electron chi connectivity index (χ1n) is 16.2. The van der Waals surface area contributed by atoms with Crippen LogP contribution < -0.4 is 35.5 Å². The Labute approximate surface area is 295 Å². The number of hydrogen-bond acceptors (Lipinski definition) is 9. The van der Waals surface area contributed by atoms with Crippen molar-refractivity contribution < 1.29 is 23.8 Å². The lowest BCUT2D eigenvalue weighted by molar-refractivity contribution is -0.120. The normalized spacial score (nSPS) is 17.1. The number of ether oxygens (including phenoxy) is 3. The van der Waals surface area contributed by atoms with Crippen molar-refractivity contribution in [2.45, 2.75) is 50.9 Å². The van der Waals surface area contributed by atoms with Crippen LogP contribution in [0.3, 0.4) is 0 Å². The summed E-state index contributed by atoms with van der Waals surface area (Å²) in [5.74, 6) is 1.83. The highest BCUT2D eigenvalue weighted by Gasteiger charge is 2.22. The molecule has 0 bridgehead atoms. The van der Waals surface area contributed by atoms with Gasteiger partial charge in [-0.25, -0.2) is 4.98 Å². The number of halogens is 2. The minimum absolute atomic E-state index is 0.0892. The molecule has 2 atom stereocenters. The minimum Gasteiger partial charge on any atom is -0.481 e. The van der Waals surface area contributed by atoms with Crippen LogP contribution in [0, 0.1) is 0 Å². The second-order valence-electron chi connectivity index (χ2n) is 11.9. The van der Waals surface area contributed by atoms with Gasteiger partial charge < -0.3 is 35.5 Å². The molecule has 4 heterocycles. The fraction of sp³-hybridized carbons (Fsp3) is 0.333. The average molecular weight is 706 g/mol. The van der Waals surface area contributed by atoms with Gasteiger partial charge in [0.05, 0.1) is 30.0 Å². The largest absolute Gasteiger partial charge is 0.481 e. The zero-order chi connectivity index (χ0) is 34.3. The molecule has 2 fully saturated rings. The van der Waals surface area contributed by atoms with Gasteiger partial charge in [-0.1, -0.05) is 59.6 Å². The molecular formula is C36H38Cl2N6O5. The lowest BCUT2D eigenvalue weighted by Gasteiger charge is -2.16. The van der Waals surface area contributed by atoms with E-state index in [9.17, 15) is 9.59 Å². The summed E-state index contributed by atoms with van der Waals surface area (Å²) in [5, 5.41) is 13.5. The van der Waals surface area contributed by atoms with Crippen molar-refractivity contribution in [1.82, 2.24) is 31.2 Å². The van der Waals surface area contributed by atoms with E-state index in [2.05, 4.69) is 26.3 Å². The van der Waals surface area contributed by atoms with Gasteiger partial charge in [0.25, 0.3) is 0 Å². The Morgan fingerprint density at radius 2 is 1.27 bits per heavy atom. The SMILES string of the molecule is COc1nc(Oc2cccc(-c3cccc(-c4ccc(CNC[C@@H]5CCC(=O)N5)c(OC)n4)c3Cl)c2Cl)ccc1CNC[C@@H]1CCC(=O)N1. The highest BCUT2D eigenvalue weighted by Crippen LogP contribution is 2.43. The number of amides is 2. The predicted octanol–water partition coefficient (Wildman–Crippen LogP) is 5.66. The summed E-state index contributed by atoms with van der Waals surface area (Å²) in [7, 11) is 3.15. The molecular weight excluding hydrogens is 667 g/mol. The molecule has 0 aliphatic carbocycles. The number of pyridine rings is 2. The number of rotatable bonds is 14. The molecule has 49 heavy (non-hydrogen) atoms. The van der Waals surface area contributed by atoms with Gasteiger partial charge in [-0.15, -0.1) is 0 Å². The van der Waals surface area contributed by atoms with Crippen LogP contribution >= 0.6 is 23.2 Å². The van der Waals surface area contributed by atoms with Gasteiger partial charge in [0, 0.05) is 85.0 Å². The first-order valence-corrected chi connectivity index (χ1v) is 16.9. The van der Waals surface area contributed by atoms with Gasteiger partial charge in [-0.3, -0.25) is 9.59 Å². The van der Waals surface area contributed by atoms with E-state index in [-0.39, 0.29) is 23.9 Å². The molecule has 13 heteroatoms. The number of carbonyl (C=O) groups is 2. The Bertz CT molecular complexity index is 1840. The van der Waals surface area contributed by atoms with Crippen LogP contribution in [0.4, 0.5) is 0 Å². The van der Waals surface area contributed by atoms with Crippen molar-refractivity contribution in [3.8, 4) is 45.8 Å². The second kappa shape index (κ2) is 15.9. The van der Waals surface area contributed by atoms with E-state index in [0.717, 1.165) is 29.5 Å². The molecule has 2 aliphatic rings. The van der Waals surface area contributed by atoms with E-state index in [1.807, 2.05) is 48.5 Å². The van der Waals surface area contributed by atoms with E-state index in [1.165, 1.54) is 0 Å². The molecule has 0 spiro atoms. The van der Waals surface area contributed by atoms with Gasteiger partial charge in [-0.05, 0) is 31.0 Å². The molecule has 0 radical (unpaired) electrons. The summed E-state index contributed by atoms with van der Waals surface area (Å²) in [5.41, 5.74) is 4.52. The maximum absolute atomic E-state index is 11.5. The molecule has 256 valence electrons. The Kier molecular flexibility index (Phi) is 11.1. The summed E-state index contributed by atoms with van der Waals surface area (Å²) in [6.07, 6.45) is 2.78. The molecule has 2 saturated heterocycles. The molecule has 2 aromatic heterocycles. The topological polar surface area (TPSA) is 136 Å². The number of carbonyl (C=O) groups excluding carboxylic acids is 2. The number of benzene rings is 2. The lowest BCUT2D eigenvalue weighted by Crippen LogP contribution is -2.35. The van der Waals surface area contributed by atoms with E-state index < -0.39 is 0 Å². The Balaban J connectivity index is 1.16. The Morgan fingerprint density at radius 3 is 1.86 bits per heavy atom. The molecule has 4 aromatic rings. The first-order chi connectivity index (χ1) is 23.8. The maximum atomic E-state index is 11.5. The van der Waals surface area contributed by atoms with Crippen LogP contribution in [0.2, 0.25) is 10.0 Å². The third-order valence-electron chi connectivity index (χ3n) is 8.56. The zero-order valence-corrected chi connectivity index (χ0v) is 28.8. The quantitative estimate of drug-likeness (QED) is 0.131. The number of methoxy groups -OCH3 is 2. The molecule has 0 unspecified atom stereocenters. The maximum Gasteiger partial charge on any atom is 0.222 e. The van der Waals surface area contributed by atoms with Crippen molar-refractivity contribution in [1.29, 1.82) is 0 Å². The third kappa shape index (κ3) is 8.25. The van der Waals surface area contributed by atoms with Crippen molar-refractivity contribution >= 4 is 35.0 Å². The van der Waals surface area contributed by atoms with Crippen molar-refractivity contribution in [2.75, 3.05) is 27.3 Å². The molecule has 0 saturated carbocycles. The van der Waals surface area contributed by atoms with E-state index in [4.69, 9.17) is 42.4 Å². The Morgan fingerprint density at radius 1 is 0.714 bits per heavy atom. The van der Waals surface area contributed by atoms with Crippen LogP contribution in [0.25, 0.3) is 22.4 Å². The van der Waals surface area contributed by atoms with Crippen molar-refractivity contribution in [3.05, 3.63) is 81.8 Å². The fourth-order valence-corrected chi connectivity index (χ4v) is 6.61. The lowest BCUT2D eigenvalue weighted by atomic mass is 10.0. The van der Waals surface area contributed by atoms with E-state index in [1.54, 1.807) is 26.4 Å². The standard InChI is InChI=1S/C36H38Cl2N6O5/c1-47-35-21(17-39-19-23-11-14-30(45)41-23)9-13-28(43-35)27-7-3-5-25(33(27)37)26-6-4-8-29(34(26)38)49-32-16-10-22(36(44-32)48-2)18-40-20-24-12-15-31(46)42-24/h3-10,13,16,23-24,39-40H,11-12,14-15,17-20H2,1-2H3,(H,41,45)(H,42,46)/t23-,24-/m0/s1. The molecule has 6 rings (SSSR count). The van der Waals surface area contributed by atoms with Crippen molar-refractivity contribution in [2.24, 2.45) is 0 Å². The zero-order valence-electron chi connectivity index (χ0n) is 27.3. The molecule has 2 aromatic carbocycles. The second-order valence-corrected chi connectivity index (χ2v) is 12.7. The van der Waals surface area contributed by atoms with Crippen LogP contribution in [0.15, 0.2) is 60.7 Å². The van der Waals surface area contributed by atoms with E-state index in [0.29, 0.717) is 89.3 Å². The first kappa shape index (κ1) is 34.4. The molecule has 2 amide bonds. The van der Waals surface area contributed by atoms with Gasteiger partial charge in [0.2, 0.25) is 29.5 Å². The monoisotopic (exact) mass is 704 g/mol. The van der Waals surface area contributed by atoms with Crippen LogP contribution in [-0.2, 0) is 22.7 Å². The summed E-state index contributed by atoms with van der Waals surface area (Å²) < 4.78 is 17.3. The highest BCUT2D eigenvalue weighted by atomic mass is 35.5. The number of hydrogen-bond donors (Lipinski definition) is 4. The third-order valence-corrected chi connectivity index (χ3v) is 9.36. The van der Waals surface area contributed by atoms with Crippen LogP contribution in [0.5, 0.6) is 23.4 Å². The van der Waals surface area contributed by atoms with E-state index >= 15 is 0 Å². The number of nitrogens with one attached hydrogen (secondary N) is 4. The summed E-state index contributed by atoms with van der Waals surface area (Å²) >= 11 is 14.0. The van der Waals surface area contributed by atoms with Gasteiger partial charge in [0.15, 0.2) is 0 Å². The van der Waals surface area contributed by atoms with Gasteiger partial charge >= 0.3 is 0 Å². The van der Waals surface area contributed by atoms with Crippen molar-refractivity contribution in [3.63, 3.8) is 0 Å². The van der Waals surface area contributed by atoms with Gasteiger partial charge in [0.1, 0.15) is 5.75 Å². The number of nitrogens with zero attached hydrogens (tertiary/aromatic N) is 2. The smallest absolute Gasteiger partial charge is 0.222 e. The average Bonchev–Trinajstić information content (AvgIpc) is 3.73. The predicted molar refractivity (Wildman–Crippen MR) is 188 cm³/mol. The summed E-state index contributed by atoms with van der Waals surface area (Å²) in [4.78, 5) is 32.3.